The van der Waals surface area contributed by atoms with Crippen molar-refractivity contribution in [3.05, 3.63) is 85.2 Å². The summed E-state index contributed by atoms with van der Waals surface area (Å²) in [7, 11) is 1.42. The molecule has 0 bridgehead atoms. The van der Waals surface area contributed by atoms with Gasteiger partial charge in [-0.05, 0) is 42.8 Å². The van der Waals surface area contributed by atoms with Crippen molar-refractivity contribution in [2.24, 2.45) is 0 Å². The van der Waals surface area contributed by atoms with Gasteiger partial charge in [0.05, 0.1) is 18.4 Å². The fraction of sp³-hybridized carbons (Fsp3) is 0.0952. The minimum absolute atomic E-state index is 0.0216. The molecule has 0 saturated carbocycles. The average molecular weight is 429 g/mol. The number of halogens is 2. The fourth-order valence-electron chi connectivity index (χ4n) is 2.81. The third-order valence-electron chi connectivity index (χ3n) is 4.32. The van der Waals surface area contributed by atoms with Crippen molar-refractivity contribution < 1.29 is 14.6 Å². The van der Waals surface area contributed by atoms with Gasteiger partial charge in [0.1, 0.15) is 23.1 Å². The predicted molar refractivity (Wildman–Crippen MR) is 110 cm³/mol. The summed E-state index contributed by atoms with van der Waals surface area (Å²) < 4.78 is 6.46. The normalized spacial score (nSPS) is 10.4. The second-order valence-corrected chi connectivity index (χ2v) is 7.04. The van der Waals surface area contributed by atoms with Crippen LogP contribution in [0.4, 0.5) is 0 Å². The highest BCUT2D eigenvalue weighted by atomic mass is 35.5. The molecule has 0 aliphatic heterocycles. The van der Waals surface area contributed by atoms with Crippen molar-refractivity contribution in [3.8, 4) is 23.3 Å². The number of benzene rings is 2. The Morgan fingerprint density at radius 2 is 1.93 bits per heavy atom. The molecule has 0 aliphatic rings. The van der Waals surface area contributed by atoms with Gasteiger partial charge in [-0.25, -0.2) is 0 Å². The smallest absolute Gasteiger partial charge is 0.273 e. The van der Waals surface area contributed by atoms with E-state index in [0.29, 0.717) is 22.0 Å². The minimum Gasteiger partial charge on any atom is -0.507 e. The number of aromatic hydroxyl groups is 1. The molecule has 0 unspecified atom stereocenters. The summed E-state index contributed by atoms with van der Waals surface area (Å²) >= 11 is 12.1. The molecule has 1 aromatic heterocycles. The first kappa shape index (κ1) is 20.5. The molecule has 3 rings (SSSR count). The van der Waals surface area contributed by atoms with Gasteiger partial charge in [-0.3, -0.25) is 14.2 Å². The number of phenolic OH excluding ortho intramolecular Hbond substituents is 1. The summed E-state index contributed by atoms with van der Waals surface area (Å²) in [5, 5.41) is 20.1. The van der Waals surface area contributed by atoms with Crippen LogP contribution in [0.1, 0.15) is 27.0 Å². The standard InChI is InChI=1S/C21H14Cl2N2O4/c1-11-5-17(19(29-2)8-16(11)23)25-10-13(6-12(9-24)21(25)28)20(27)15-7-14(22)3-4-18(15)26/h3-8,10,26H,1-2H3. The van der Waals surface area contributed by atoms with Gasteiger partial charge < -0.3 is 9.84 Å². The Morgan fingerprint density at radius 3 is 2.59 bits per heavy atom. The molecule has 0 aliphatic carbocycles. The highest BCUT2D eigenvalue weighted by Crippen LogP contribution is 2.30. The van der Waals surface area contributed by atoms with Crippen molar-refractivity contribution in [3.63, 3.8) is 0 Å². The number of hydrogen-bond acceptors (Lipinski definition) is 5. The Labute approximate surface area is 176 Å². The van der Waals surface area contributed by atoms with E-state index in [1.54, 1.807) is 25.1 Å². The van der Waals surface area contributed by atoms with Gasteiger partial charge in [-0.15, -0.1) is 0 Å². The minimum atomic E-state index is -0.626. The highest BCUT2D eigenvalue weighted by molar-refractivity contribution is 6.31. The van der Waals surface area contributed by atoms with Crippen LogP contribution in [0.2, 0.25) is 10.0 Å². The third kappa shape index (κ3) is 3.83. The van der Waals surface area contributed by atoms with Crippen LogP contribution in [0.15, 0.2) is 47.4 Å². The van der Waals surface area contributed by atoms with Crippen LogP contribution >= 0.6 is 23.2 Å². The third-order valence-corrected chi connectivity index (χ3v) is 4.97. The topological polar surface area (TPSA) is 92.3 Å². The Balaban J connectivity index is 2.28. The van der Waals surface area contributed by atoms with Crippen molar-refractivity contribution in [2.75, 3.05) is 7.11 Å². The van der Waals surface area contributed by atoms with Crippen LogP contribution in [0.5, 0.6) is 11.5 Å². The maximum Gasteiger partial charge on any atom is 0.273 e. The molecule has 0 spiro atoms. The maximum atomic E-state index is 13.0. The van der Waals surface area contributed by atoms with E-state index in [0.717, 1.165) is 4.57 Å². The first-order chi connectivity index (χ1) is 13.8. The second kappa shape index (κ2) is 8.00. The molecule has 0 amide bonds. The SMILES string of the molecule is COc1cc(Cl)c(C)cc1-n1cc(C(=O)c2cc(Cl)ccc2O)cc(C#N)c1=O. The lowest BCUT2D eigenvalue weighted by molar-refractivity contribution is 0.103. The van der Waals surface area contributed by atoms with Crippen molar-refractivity contribution in [1.82, 2.24) is 4.57 Å². The molecule has 3 aromatic rings. The largest absolute Gasteiger partial charge is 0.507 e. The number of rotatable bonds is 4. The number of nitrogens with zero attached hydrogens (tertiary/aromatic N) is 2. The van der Waals surface area contributed by atoms with E-state index in [2.05, 4.69) is 0 Å². The number of hydrogen-bond donors (Lipinski definition) is 1. The van der Waals surface area contributed by atoms with Crippen molar-refractivity contribution >= 4 is 29.0 Å². The molecule has 146 valence electrons. The number of carbonyl (C=O) groups is 1. The lowest BCUT2D eigenvalue weighted by Crippen LogP contribution is -2.23. The van der Waals surface area contributed by atoms with Gasteiger partial charge >= 0.3 is 0 Å². The van der Waals surface area contributed by atoms with Crippen molar-refractivity contribution in [1.29, 1.82) is 5.26 Å². The highest BCUT2D eigenvalue weighted by Gasteiger charge is 2.20. The van der Waals surface area contributed by atoms with Crippen LogP contribution in [0.3, 0.4) is 0 Å². The Bertz CT molecular complexity index is 1240. The molecule has 2 aromatic carbocycles. The van der Waals surface area contributed by atoms with Crippen LogP contribution in [0.25, 0.3) is 5.69 Å². The van der Waals surface area contributed by atoms with E-state index in [9.17, 15) is 20.0 Å². The van der Waals surface area contributed by atoms with E-state index in [4.69, 9.17) is 27.9 Å². The van der Waals surface area contributed by atoms with Gasteiger partial charge in [0.25, 0.3) is 5.56 Å². The van der Waals surface area contributed by atoms with Gasteiger partial charge in [0, 0.05) is 27.9 Å². The van der Waals surface area contributed by atoms with Crippen molar-refractivity contribution in [2.45, 2.75) is 6.92 Å². The molecular weight excluding hydrogens is 415 g/mol. The number of aryl methyl sites for hydroxylation is 1. The average Bonchev–Trinajstić information content (AvgIpc) is 2.71. The molecular formula is C21H14Cl2N2O4. The van der Waals surface area contributed by atoms with Crippen LogP contribution in [-0.2, 0) is 0 Å². The number of carbonyl (C=O) groups excluding carboxylic acids is 1. The molecule has 0 saturated heterocycles. The molecule has 29 heavy (non-hydrogen) atoms. The molecule has 0 fully saturated rings. The number of ether oxygens (including phenoxy) is 1. The molecule has 0 atom stereocenters. The van der Waals surface area contributed by atoms with E-state index >= 15 is 0 Å². The molecule has 0 radical (unpaired) electrons. The molecule has 8 heteroatoms. The first-order valence-corrected chi connectivity index (χ1v) is 9.07. The number of ketones is 1. The van der Waals surface area contributed by atoms with Gasteiger partial charge in [0.2, 0.25) is 0 Å². The number of aromatic nitrogens is 1. The zero-order valence-corrected chi connectivity index (χ0v) is 16.9. The van der Waals surface area contributed by atoms with Gasteiger partial charge in [0.15, 0.2) is 5.78 Å². The summed E-state index contributed by atoms with van der Waals surface area (Å²) in [5.74, 6) is -0.572. The molecule has 6 nitrogen and oxygen atoms in total. The monoisotopic (exact) mass is 428 g/mol. The number of phenols is 1. The zero-order valence-electron chi connectivity index (χ0n) is 15.4. The second-order valence-electron chi connectivity index (χ2n) is 6.19. The van der Waals surface area contributed by atoms with E-state index in [1.165, 1.54) is 37.6 Å². The Kier molecular flexibility index (Phi) is 5.64. The first-order valence-electron chi connectivity index (χ1n) is 8.31. The maximum absolute atomic E-state index is 13.0. The van der Waals surface area contributed by atoms with E-state index < -0.39 is 11.3 Å². The fourth-order valence-corrected chi connectivity index (χ4v) is 3.14. The van der Waals surface area contributed by atoms with Crippen LogP contribution in [-0.4, -0.2) is 22.6 Å². The number of methoxy groups -OCH3 is 1. The van der Waals surface area contributed by atoms with Gasteiger partial charge in [-0.2, -0.15) is 5.26 Å². The molecule has 1 N–H and O–H groups in total. The number of nitriles is 1. The van der Waals surface area contributed by atoms with E-state index in [-0.39, 0.29) is 27.5 Å². The Morgan fingerprint density at radius 1 is 1.21 bits per heavy atom. The lowest BCUT2D eigenvalue weighted by atomic mass is 10.0. The summed E-state index contributed by atoms with van der Waals surface area (Å²) in [6, 6.07) is 10.2. The van der Waals surface area contributed by atoms with Gasteiger partial charge in [-0.1, -0.05) is 23.2 Å². The van der Waals surface area contributed by atoms with E-state index in [1.807, 2.05) is 0 Å². The quantitative estimate of drug-likeness (QED) is 0.626. The summed E-state index contributed by atoms with van der Waals surface area (Å²) in [5.41, 5.74) is 0.101. The number of pyridine rings is 1. The summed E-state index contributed by atoms with van der Waals surface area (Å²) in [4.78, 5) is 25.7. The van der Waals surface area contributed by atoms with Crippen LogP contribution < -0.4 is 10.3 Å². The molecule has 1 heterocycles. The summed E-state index contributed by atoms with van der Waals surface area (Å²) in [6.07, 6.45) is 1.29. The summed E-state index contributed by atoms with van der Waals surface area (Å²) in [6.45, 7) is 1.75. The zero-order chi connectivity index (χ0) is 21.3. The Hall–Kier alpha value is -3.27. The lowest BCUT2D eigenvalue weighted by Gasteiger charge is -2.15. The van der Waals surface area contributed by atoms with Crippen LogP contribution in [0, 0.1) is 18.3 Å². The predicted octanol–water partition coefficient (Wildman–Crippen LogP) is 4.27.